The summed E-state index contributed by atoms with van der Waals surface area (Å²) in [5, 5.41) is 1.29. The number of aromatic nitrogens is 1. The lowest BCUT2D eigenvalue weighted by Crippen LogP contribution is -2.48. The summed E-state index contributed by atoms with van der Waals surface area (Å²) in [5.74, 6) is -0.991. The number of hydrogen-bond donors (Lipinski definition) is 1. The molecule has 1 aromatic carbocycles. The number of piperazine rings is 1. The zero-order chi connectivity index (χ0) is 19.9. The number of hydrogen-bond acceptors (Lipinski definition) is 6. The number of rotatable bonds is 4. The van der Waals surface area contributed by atoms with Crippen LogP contribution in [0.3, 0.4) is 0 Å². The molecule has 0 atom stereocenters. The van der Waals surface area contributed by atoms with Gasteiger partial charge in [-0.25, -0.2) is 8.42 Å². The highest BCUT2D eigenvalue weighted by Crippen LogP contribution is 2.29. The molecule has 1 aliphatic rings. The first kappa shape index (κ1) is 18.7. The Morgan fingerprint density at radius 2 is 1.86 bits per heavy atom. The second kappa shape index (κ2) is 7.08. The number of carbonyl (C=O) groups excluding carboxylic acids is 1. The number of amides is 1. The Kier molecular flexibility index (Phi) is 4.74. The van der Waals surface area contributed by atoms with E-state index in [1.165, 1.54) is 16.4 Å². The average molecular weight is 421 g/mol. The summed E-state index contributed by atoms with van der Waals surface area (Å²) in [7, 11) is -3.83. The number of halogens is 1. The van der Waals surface area contributed by atoms with Gasteiger partial charge in [0.1, 0.15) is 0 Å². The molecule has 1 amide bonds. The van der Waals surface area contributed by atoms with Crippen LogP contribution in [-0.2, 0) is 10.0 Å². The van der Waals surface area contributed by atoms with Gasteiger partial charge in [0.15, 0.2) is 5.76 Å². The van der Waals surface area contributed by atoms with Gasteiger partial charge in [0.25, 0.3) is 15.9 Å². The molecule has 1 fully saturated rings. The molecule has 1 aliphatic heterocycles. The third-order valence-corrected chi connectivity index (χ3v) is 6.69. The highest BCUT2D eigenvalue weighted by Gasteiger charge is 2.31. The van der Waals surface area contributed by atoms with Crippen LogP contribution in [0.5, 0.6) is 0 Å². The van der Waals surface area contributed by atoms with Crippen LogP contribution < -0.4 is 10.6 Å². The summed E-state index contributed by atoms with van der Waals surface area (Å²) in [6.45, 7) is 1.58. The Balaban J connectivity index is 1.54. The van der Waals surface area contributed by atoms with Crippen molar-refractivity contribution in [3.8, 4) is 0 Å². The van der Waals surface area contributed by atoms with Crippen LogP contribution in [0.1, 0.15) is 10.6 Å². The zero-order valence-electron chi connectivity index (χ0n) is 14.7. The molecule has 0 aliphatic carbocycles. The van der Waals surface area contributed by atoms with E-state index in [1.807, 2.05) is 18.2 Å². The average Bonchev–Trinajstić information content (AvgIpc) is 3.19. The first-order valence-corrected chi connectivity index (χ1v) is 10.4. The lowest BCUT2D eigenvalue weighted by atomic mass is 10.1. The fourth-order valence-corrected chi connectivity index (χ4v) is 4.77. The number of fused-ring (bicyclic) bond motifs is 1. The van der Waals surface area contributed by atoms with E-state index in [0.717, 1.165) is 16.6 Å². The molecule has 0 spiro atoms. The predicted octanol–water partition coefficient (Wildman–Crippen LogP) is 2.09. The van der Waals surface area contributed by atoms with Crippen molar-refractivity contribution < 1.29 is 17.6 Å². The van der Waals surface area contributed by atoms with Gasteiger partial charge in [0.05, 0.1) is 5.52 Å². The number of anilines is 1. The Labute approximate surface area is 166 Å². The highest BCUT2D eigenvalue weighted by molar-refractivity contribution is 7.89. The normalized spacial score (nSPS) is 15.8. The van der Waals surface area contributed by atoms with Crippen LogP contribution in [0.15, 0.2) is 52.1 Å². The van der Waals surface area contributed by atoms with Gasteiger partial charge < -0.3 is 15.1 Å². The van der Waals surface area contributed by atoms with Gasteiger partial charge in [0.2, 0.25) is 5.09 Å². The minimum atomic E-state index is -3.83. The van der Waals surface area contributed by atoms with E-state index in [2.05, 4.69) is 9.88 Å². The fraction of sp³-hybridized carbons (Fsp3) is 0.222. The number of furan rings is 1. The molecule has 2 N–H and O–H groups in total. The summed E-state index contributed by atoms with van der Waals surface area (Å²) in [6.07, 6.45) is 1.71. The van der Waals surface area contributed by atoms with E-state index in [1.54, 1.807) is 12.3 Å². The van der Waals surface area contributed by atoms with E-state index in [4.69, 9.17) is 21.8 Å². The highest BCUT2D eigenvalue weighted by atomic mass is 35.5. The van der Waals surface area contributed by atoms with Gasteiger partial charge in [0, 0.05) is 48.5 Å². The molecule has 3 aromatic rings. The van der Waals surface area contributed by atoms with E-state index in [-0.39, 0.29) is 23.9 Å². The standard InChI is InChI=1S/C18H17ClN4O4S/c19-12-1-2-13-14(11-12)21-6-5-15(13)22-7-9-23(10-8-22)28(25,26)17-4-3-16(27-17)18(20)24/h1-6,11H,7-10H2,(H2,20,24). The third kappa shape index (κ3) is 3.32. The Bertz CT molecular complexity index is 1150. The van der Waals surface area contributed by atoms with E-state index in [0.29, 0.717) is 18.1 Å². The largest absolute Gasteiger partial charge is 0.438 e. The number of nitrogens with two attached hydrogens (primary N) is 1. The van der Waals surface area contributed by atoms with Crippen molar-refractivity contribution in [2.45, 2.75) is 5.09 Å². The van der Waals surface area contributed by atoms with Crippen LogP contribution in [0.25, 0.3) is 10.9 Å². The SMILES string of the molecule is NC(=O)c1ccc(S(=O)(=O)N2CCN(c3ccnc4cc(Cl)ccc34)CC2)o1. The third-order valence-electron chi connectivity index (χ3n) is 4.68. The Morgan fingerprint density at radius 3 is 2.54 bits per heavy atom. The van der Waals surface area contributed by atoms with Gasteiger partial charge >= 0.3 is 0 Å². The molecule has 4 rings (SSSR count). The minimum Gasteiger partial charge on any atom is -0.438 e. The maximum Gasteiger partial charge on any atom is 0.284 e. The molecular formula is C18H17ClN4O4S. The van der Waals surface area contributed by atoms with Crippen LogP contribution in [0.2, 0.25) is 5.02 Å². The first-order valence-electron chi connectivity index (χ1n) is 8.55. The second-order valence-electron chi connectivity index (χ2n) is 6.37. The van der Waals surface area contributed by atoms with Gasteiger partial charge in [-0.15, -0.1) is 0 Å². The smallest absolute Gasteiger partial charge is 0.284 e. The van der Waals surface area contributed by atoms with Crippen molar-refractivity contribution in [2.75, 3.05) is 31.1 Å². The van der Waals surface area contributed by atoms with Crippen molar-refractivity contribution in [3.05, 3.63) is 53.4 Å². The monoisotopic (exact) mass is 420 g/mol. The molecule has 0 saturated carbocycles. The summed E-state index contributed by atoms with van der Waals surface area (Å²) in [6, 6.07) is 9.95. The molecule has 28 heavy (non-hydrogen) atoms. The number of pyridine rings is 1. The number of nitrogens with zero attached hydrogens (tertiary/aromatic N) is 3. The van der Waals surface area contributed by atoms with Crippen molar-refractivity contribution >= 4 is 44.1 Å². The maximum absolute atomic E-state index is 12.8. The van der Waals surface area contributed by atoms with Crippen molar-refractivity contribution in [1.29, 1.82) is 0 Å². The molecule has 0 unspecified atom stereocenters. The van der Waals surface area contributed by atoms with Crippen molar-refractivity contribution in [2.24, 2.45) is 5.73 Å². The van der Waals surface area contributed by atoms with Crippen molar-refractivity contribution in [1.82, 2.24) is 9.29 Å². The maximum atomic E-state index is 12.8. The van der Waals surface area contributed by atoms with Crippen LogP contribution in [0.4, 0.5) is 5.69 Å². The first-order chi connectivity index (χ1) is 13.4. The number of primary amides is 1. The van der Waals surface area contributed by atoms with Gasteiger partial charge in [-0.05, 0) is 36.4 Å². The number of carbonyl (C=O) groups is 1. The second-order valence-corrected chi connectivity index (χ2v) is 8.67. The Morgan fingerprint density at radius 1 is 1.11 bits per heavy atom. The molecule has 1 saturated heterocycles. The molecule has 0 radical (unpaired) electrons. The molecule has 2 aromatic heterocycles. The number of sulfonamides is 1. The van der Waals surface area contributed by atoms with Gasteiger partial charge in [-0.3, -0.25) is 9.78 Å². The zero-order valence-corrected chi connectivity index (χ0v) is 16.3. The minimum absolute atomic E-state index is 0.181. The fourth-order valence-electron chi connectivity index (χ4n) is 3.27. The quantitative estimate of drug-likeness (QED) is 0.692. The van der Waals surface area contributed by atoms with Crippen LogP contribution >= 0.6 is 11.6 Å². The van der Waals surface area contributed by atoms with Gasteiger partial charge in [-0.2, -0.15) is 4.31 Å². The molecule has 10 heteroatoms. The summed E-state index contributed by atoms with van der Waals surface area (Å²) < 4.78 is 32.0. The van der Waals surface area contributed by atoms with E-state index < -0.39 is 15.9 Å². The molecule has 8 nitrogen and oxygen atoms in total. The summed E-state index contributed by atoms with van der Waals surface area (Å²) in [4.78, 5) is 17.6. The Hall–Kier alpha value is -2.62. The number of benzene rings is 1. The van der Waals surface area contributed by atoms with E-state index in [9.17, 15) is 13.2 Å². The lowest BCUT2D eigenvalue weighted by Gasteiger charge is -2.35. The summed E-state index contributed by atoms with van der Waals surface area (Å²) >= 11 is 6.04. The van der Waals surface area contributed by atoms with Gasteiger partial charge in [-0.1, -0.05) is 11.6 Å². The van der Waals surface area contributed by atoms with Crippen molar-refractivity contribution in [3.63, 3.8) is 0 Å². The molecule has 0 bridgehead atoms. The van der Waals surface area contributed by atoms with Crippen LogP contribution in [-0.4, -0.2) is 49.8 Å². The van der Waals surface area contributed by atoms with Crippen LogP contribution in [0, 0.1) is 0 Å². The molecule has 3 heterocycles. The topological polar surface area (TPSA) is 110 Å². The van der Waals surface area contributed by atoms with E-state index >= 15 is 0 Å². The lowest BCUT2D eigenvalue weighted by molar-refractivity contribution is 0.0968. The molecular weight excluding hydrogens is 404 g/mol. The summed E-state index contributed by atoms with van der Waals surface area (Å²) in [5.41, 5.74) is 6.89. The predicted molar refractivity (Wildman–Crippen MR) is 105 cm³/mol. The molecule has 146 valence electrons.